The topological polar surface area (TPSA) is 37.5 Å². The first-order chi connectivity index (χ1) is 61.2. The maximum atomic E-state index is 14.8. The Kier molecular flexibility index (Phi) is 22.3. The molecule has 0 saturated carbocycles. The van der Waals surface area contributed by atoms with Crippen molar-refractivity contribution in [3.05, 3.63) is 360 Å². The van der Waals surface area contributed by atoms with Crippen LogP contribution in [0.5, 0.6) is 0 Å². The minimum atomic E-state index is -5.08. The van der Waals surface area contributed by atoms with Crippen molar-refractivity contribution >= 4 is 0 Å². The van der Waals surface area contributed by atoms with Crippen LogP contribution < -0.4 is 0 Å². The second-order valence-electron chi connectivity index (χ2n) is 30.0. The van der Waals surface area contributed by atoms with Gasteiger partial charge in [-0.2, -0.15) is 132 Å². The summed E-state index contributed by atoms with van der Waals surface area (Å²) in [5.74, 6) is -1.31. The Balaban J connectivity index is 1.16. The Bertz CT molecular complexity index is 6190. The van der Waals surface area contributed by atoms with E-state index in [1.165, 1.54) is 0 Å². The highest BCUT2D eigenvalue weighted by atomic mass is 19.4. The smallest absolute Gasteiger partial charge is 0.319 e. The number of hydrogen-bond acceptors (Lipinski definition) is 1. The van der Waals surface area contributed by atoms with E-state index < -0.39 is 146 Å². The minimum Gasteiger partial charge on any atom is -0.319 e. The zero-order chi connectivity index (χ0) is 94.2. The molecule has 0 bridgehead atoms. The van der Waals surface area contributed by atoms with Crippen LogP contribution in [0.15, 0.2) is 305 Å². The third kappa shape index (κ3) is 18.3. The van der Waals surface area contributed by atoms with Gasteiger partial charge in [-0.05, 0) is 177 Å². The molecule has 0 amide bonds. The van der Waals surface area contributed by atoms with Gasteiger partial charge in [0.2, 0.25) is 0 Å². The number of nitrogens with zero attached hydrogens (tertiary/aromatic N) is 6. The molecule has 6 heterocycles. The number of pyridine rings is 1. The van der Waals surface area contributed by atoms with Crippen LogP contribution in [-0.2, 0) is 61.8 Å². The first kappa shape index (κ1) is 90.0. The second kappa shape index (κ2) is 32.4. The fourth-order valence-corrected chi connectivity index (χ4v) is 15.2. The lowest BCUT2D eigenvalue weighted by Gasteiger charge is -2.24. The zero-order valence-corrected chi connectivity index (χ0v) is 65.4. The highest BCUT2D eigenvalue weighted by molar-refractivity contribution is 5.93. The lowest BCUT2D eigenvalue weighted by atomic mass is 9.97. The summed E-state index contributed by atoms with van der Waals surface area (Å²) in [6.07, 6.45) is -39.1. The molecule has 16 rings (SSSR count). The quantitative estimate of drug-likeness (QED) is 0.0943. The van der Waals surface area contributed by atoms with E-state index in [1.54, 1.807) is 0 Å². The van der Waals surface area contributed by atoms with Crippen molar-refractivity contribution in [1.82, 2.24) is 27.8 Å². The molecule has 6 nitrogen and oxygen atoms in total. The van der Waals surface area contributed by atoms with Crippen LogP contribution in [0.25, 0.3) is 140 Å². The lowest BCUT2D eigenvalue weighted by Crippen LogP contribution is -2.16. The molecule has 36 heteroatoms. The highest BCUT2D eigenvalue weighted by Gasteiger charge is 2.41. The van der Waals surface area contributed by atoms with E-state index in [-0.39, 0.29) is 111 Å². The molecule has 0 aliphatic heterocycles. The van der Waals surface area contributed by atoms with Gasteiger partial charge in [0, 0.05) is 118 Å². The fourth-order valence-electron chi connectivity index (χ4n) is 15.2. The molecule has 0 fully saturated rings. The molecule has 0 aliphatic carbocycles. The van der Waals surface area contributed by atoms with E-state index >= 15 is 0 Å². The average Bonchev–Trinajstić information content (AvgIpc) is 1.58. The van der Waals surface area contributed by atoms with Crippen molar-refractivity contribution in [3.63, 3.8) is 0 Å². The van der Waals surface area contributed by atoms with Gasteiger partial charge in [-0.1, -0.05) is 121 Å². The van der Waals surface area contributed by atoms with Gasteiger partial charge < -0.3 is 22.8 Å². The molecule has 0 spiro atoms. The van der Waals surface area contributed by atoms with E-state index in [4.69, 9.17) is 4.98 Å². The SMILES string of the molecule is FC(F)(F)c1ccc(-c2cn(-c3nc(-n4cc(-c5ccc(C(F)(F)F)cc5)c(-c5ccc(C(F)(F)F)cc5)c4)c(-n4cc(-c5ccc(C(F)(F)F)cc5)c(-c5ccc(C(F)(F)F)cc5)c4)c(-n4cc(-c5ccc(C(F)(F)F)cc5)c(-c5ccc(C(F)(F)F)cc5)c4)c3-n3cc(-c4ccc(C(F)(F)F)cc4)c(-c4ccc(C(F)(F)F)cc4)c3)cc2-c2ccc(C(F)(F)F)cc2)cc1. The van der Waals surface area contributed by atoms with Gasteiger partial charge in [0.15, 0.2) is 11.6 Å². The lowest BCUT2D eigenvalue weighted by molar-refractivity contribution is -0.138. The molecule has 16 aromatic rings. The number of rotatable bonds is 15. The molecular formula is C95H50F30N6. The Morgan fingerprint density at radius 1 is 0.130 bits per heavy atom. The number of aromatic nitrogens is 6. The van der Waals surface area contributed by atoms with E-state index in [9.17, 15) is 132 Å². The third-order valence-corrected chi connectivity index (χ3v) is 21.7. The number of alkyl halides is 30. The third-order valence-electron chi connectivity index (χ3n) is 21.7. The predicted molar refractivity (Wildman–Crippen MR) is 425 cm³/mol. The van der Waals surface area contributed by atoms with Crippen molar-refractivity contribution in [2.24, 2.45) is 0 Å². The molecule has 0 unspecified atom stereocenters. The summed E-state index contributed by atoms with van der Waals surface area (Å²) in [5.41, 5.74) is -18.5. The van der Waals surface area contributed by atoms with Crippen LogP contribution in [0, 0.1) is 0 Å². The van der Waals surface area contributed by atoms with Gasteiger partial charge in [-0.15, -0.1) is 0 Å². The van der Waals surface area contributed by atoms with Crippen LogP contribution in [0.3, 0.4) is 0 Å². The Hall–Kier alpha value is -14.4. The summed E-state index contributed by atoms with van der Waals surface area (Å²) in [7, 11) is 0. The first-order valence-electron chi connectivity index (χ1n) is 38.2. The molecule has 6 aromatic heterocycles. The minimum absolute atomic E-state index is 0.181. The number of halogens is 30. The van der Waals surface area contributed by atoms with Crippen LogP contribution in [-0.4, -0.2) is 27.8 Å². The molecule has 0 saturated heterocycles. The van der Waals surface area contributed by atoms with Gasteiger partial charge in [0.1, 0.15) is 17.1 Å². The summed E-state index contributed by atoms with van der Waals surface area (Å²) in [6, 6.07) is 30.8. The van der Waals surface area contributed by atoms with Gasteiger partial charge >= 0.3 is 61.8 Å². The van der Waals surface area contributed by atoms with Gasteiger partial charge in [0.25, 0.3) is 0 Å². The van der Waals surface area contributed by atoms with Crippen LogP contribution >= 0.6 is 0 Å². The maximum Gasteiger partial charge on any atom is 0.416 e. The standard InChI is InChI=1S/C95H50F30N6/c96-86(97,98)61-21-1-51(2-22-61)71-41-127(42-72(71)52-3-23-62(24-4-52)87(99,100)101)81-82(128-43-73(53-5-25-63(26-6-53)88(102,103)104)74(44-128)54-7-27-64(28-8-54)89(105,106)107)84(130-47-77(57-13-33-67(34-14-57)92(114,115)116)78(48-130)58-15-35-68(36-16-58)93(117,118)119)126-85(131-49-79(59-17-37-69(38-18-59)94(120,121)122)80(50-131)60-19-39-70(40-20-60)95(123,124)125)83(81)129-45-75(55-9-29-65(30-10-55)90(108,109)110)76(46-129)56-11-31-66(32-12-56)91(111,112)113/h1-50H. The summed E-state index contributed by atoms with van der Waals surface area (Å²) < 4.78 is 447. The summed E-state index contributed by atoms with van der Waals surface area (Å²) in [6.45, 7) is 0. The maximum absolute atomic E-state index is 14.8. The molecule has 0 aliphatic rings. The molecule has 670 valence electrons. The predicted octanol–water partition coefficient (Wildman–Crippen LogP) is 31.9. The average molecular weight is 1850 g/mol. The van der Waals surface area contributed by atoms with Crippen molar-refractivity contribution in [3.8, 4) is 140 Å². The van der Waals surface area contributed by atoms with E-state index in [2.05, 4.69) is 0 Å². The van der Waals surface area contributed by atoms with Crippen LogP contribution in [0.2, 0.25) is 0 Å². The van der Waals surface area contributed by atoms with Crippen molar-refractivity contribution in [2.75, 3.05) is 0 Å². The van der Waals surface area contributed by atoms with E-state index in [1.807, 2.05) is 0 Å². The number of benzene rings is 10. The van der Waals surface area contributed by atoms with Gasteiger partial charge in [-0.3, -0.25) is 0 Å². The molecule has 10 aromatic carbocycles. The first-order valence-corrected chi connectivity index (χ1v) is 38.2. The van der Waals surface area contributed by atoms with Crippen molar-refractivity contribution in [1.29, 1.82) is 0 Å². The Labute approximate surface area is 718 Å². The number of hydrogen-bond donors (Lipinski definition) is 0. The van der Waals surface area contributed by atoms with Crippen LogP contribution in [0.4, 0.5) is 132 Å². The van der Waals surface area contributed by atoms with Gasteiger partial charge in [0.05, 0.1) is 55.6 Å². The molecule has 0 atom stereocenters. The Morgan fingerprint density at radius 3 is 0.336 bits per heavy atom. The van der Waals surface area contributed by atoms with Crippen LogP contribution in [0.1, 0.15) is 55.6 Å². The fraction of sp³-hybridized carbons (Fsp3) is 0.105. The van der Waals surface area contributed by atoms with Crippen molar-refractivity contribution < 1.29 is 132 Å². The van der Waals surface area contributed by atoms with Gasteiger partial charge in [-0.25, -0.2) is 4.98 Å². The molecule has 0 N–H and O–H groups in total. The van der Waals surface area contributed by atoms with Crippen molar-refractivity contribution in [2.45, 2.75) is 61.8 Å². The summed E-state index contributed by atoms with van der Waals surface area (Å²) in [5, 5.41) is 0. The monoisotopic (exact) mass is 1840 g/mol. The zero-order valence-electron chi connectivity index (χ0n) is 65.4. The molecule has 0 radical (unpaired) electrons. The highest BCUT2D eigenvalue weighted by Crippen LogP contribution is 2.51. The largest absolute Gasteiger partial charge is 0.416 e. The summed E-state index contributed by atoms with van der Waals surface area (Å²) in [4.78, 5) is 5.42. The van der Waals surface area contributed by atoms with E-state index in [0.717, 1.165) is 206 Å². The normalized spacial score (nSPS) is 13.0. The Morgan fingerprint density at radius 2 is 0.229 bits per heavy atom. The second-order valence-corrected chi connectivity index (χ2v) is 30.0. The van der Waals surface area contributed by atoms with E-state index in [0.29, 0.717) is 121 Å². The molecule has 131 heavy (non-hydrogen) atoms. The molecular weight excluding hydrogens is 1800 g/mol. The summed E-state index contributed by atoms with van der Waals surface area (Å²) >= 11 is 0.